The molecular weight excluding hydrogens is 473 g/mol. The quantitative estimate of drug-likeness (QED) is 0.401. The molecule has 3 heterocycles. The fraction of sp³-hybridized carbons (Fsp3) is 0.120. The Bertz CT molecular complexity index is 1650. The molecule has 0 spiro atoms. The lowest BCUT2D eigenvalue weighted by Crippen LogP contribution is -2.23. The number of nitrogens with one attached hydrogen (secondary N) is 1. The van der Waals surface area contributed by atoms with Crippen LogP contribution in [0.5, 0.6) is 0 Å². The SMILES string of the molecule is Cc1c(NC(=O)c2cnn3c(C(F)(F)F)cc(-c4ccccc4)nc23)c(=O)n(-c2ccccc2)n1C. The van der Waals surface area contributed by atoms with Crippen LogP contribution in [-0.4, -0.2) is 29.9 Å². The van der Waals surface area contributed by atoms with Crippen LogP contribution in [0.3, 0.4) is 0 Å². The summed E-state index contributed by atoms with van der Waals surface area (Å²) in [7, 11) is 1.66. The standard InChI is InChI=1S/C25H19F3N6O2/c1-15-21(24(36)34(32(15)2)17-11-7-4-8-12-17)31-23(35)18-14-29-33-20(25(26,27)28)13-19(30-22(18)33)16-9-5-3-6-10-16/h3-14H,1-2H3,(H,31,35). The molecular formula is C25H19F3N6O2. The number of hydrogen-bond acceptors (Lipinski definition) is 4. The summed E-state index contributed by atoms with van der Waals surface area (Å²) in [5, 5.41) is 6.34. The van der Waals surface area contributed by atoms with Gasteiger partial charge in [0.05, 0.1) is 23.3 Å². The molecule has 1 amide bonds. The Morgan fingerprint density at radius 3 is 2.28 bits per heavy atom. The van der Waals surface area contributed by atoms with Gasteiger partial charge in [0.2, 0.25) is 0 Å². The molecule has 8 nitrogen and oxygen atoms in total. The second-order valence-corrected chi connectivity index (χ2v) is 8.07. The summed E-state index contributed by atoms with van der Waals surface area (Å²) in [6.45, 7) is 1.65. The minimum absolute atomic E-state index is 0.000891. The first-order valence-corrected chi connectivity index (χ1v) is 10.8. The maximum atomic E-state index is 13.8. The number of rotatable bonds is 4. The second-order valence-electron chi connectivity index (χ2n) is 8.07. The average molecular weight is 492 g/mol. The van der Waals surface area contributed by atoms with Crippen molar-refractivity contribution in [2.75, 3.05) is 5.32 Å². The van der Waals surface area contributed by atoms with Gasteiger partial charge in [-0.2, -0.15) is 18.3 Å². The molecule has 3 aromatic heterocycles. The Kier molecular flexibility index (Phi) is 5.47. The molecule has 5 aromatic rings. The molecule has 2 aromatic carbocycles. The van der Waals surface area contributed by atoms with Crippen molar-refractivity contribution in [3.8, 4) is 16.9 Å². The van der Waals surface area contributed by atoms with Crippen LogP contribution in [0, 0.1) is 6.92 Å². The molecule has 0 saturated heterocycles. The van der Waals surface area contributed by atoms with E-state index in [1.165, 1.54) is 4.68 Å². The van der Waals surface area contributed by atoms with Crippen molar-refractivity contribution in [3.63, 3.8) is 0 Å². The third-order valence-electron chi connectivity index (χ3n) is 5.87. The third-order valence-corrected chi connectivity index (χ3v) is 5.87. The molecule has 182 valence electrons. The number of fused-ring (bicyclic) bond motifs is 1. The molecule has 0 aliphatic heterocycles. The molecule has 1 N–H and O–H groups in total. The molecule has 0 saturated carbocycles. The van der Waals surface area contributed by atoms with Crippen molar-refractivity contribution in [2.24, 2.45) is 7.05 Å². The number of carbonyl (C=O) groups excluding carboxylic acids is 1. The monoisotopic (exact) mass is 492 g/mol. The lowest BCUT2D eigenvalue weighted by atomic mass is 10.1. The Hall–Kier alpha value is -4.67. The predicted octanol–water partition coefficient (Wildman–Crippen LogP) is 4.47. The largest absolute Gasteiger partial charge is 0.433 e. The van der Waals surface area contributed by atoms with Gasteiger partial charge in [-0.05, 0) is 25.1 Å². The van der Waals surface area contributed by atoms with E-state index in [9.17, 15) is 22.8 Å². The summed E-state index contributed by atoms with van der Waals surface area (Å²) in [6, 6.07) is 18.0. The Labute approximate surface area is 202 Å². The molecule has 0 bridgehead atoms. The van der Waals surface area contributed by atoms with Gasteiger partial charge in [0.15, 0.2) is 11.3 Å². The van der Waals surface area contributed by atoms with Crippen LogP contribution in [0.1, 0.15) is 21.7 Å². The summed E-state index contributed by atoms with van der Waals surface area (Å²) in [5.74, 6) is -0.804. The number of alkyl halides is 3. The van der Waals surface area contributed by atoms with Crippen molar-refractivity contribution >= 4 is 17.2 Å². The molecule has 0 radical (unpaired) electrons. The molecule has 5 rings (SSSR count). The first-order chi connectivity index (χ1) is 17.2. The topological polar surface area (TPSA) is 86.2 Å². The number of nitrogens with zero attached hydrogens (tertiary/aromatic N) is 5. The normalized spacial score (nSPS) is 11.7. The molecule has 36 heavy (non-hydrogen) atoms. The fourth-order valence-electron chi connectivity index (χ4n) is 3.97. The van der Waals surface area contributed by atoms with Crippen molar-refractivity contribution in [3.05, 3.63) is 100 Å². The number of hydrogen-bond donors (Lipinski definition) is 1. The molecule has 11 heteroatoms. The molecule has 0 atom stereocenters. The van der Waals surface area contributed by atoms with Crippen molar-refractivity contribution in [2.45, 2.75) is 13.1 Å². The second kappa shape index (κ2) is 8.52. The van der Waals surface area contributed by atoms with E-state index < -0.39 is 23.3 Å². The highest BCUT2D eigenvalue weighted by molar-refractivity contribution is 6.08. The first-order valence-electron chi connectivity index (χ1n) is 10.8. The third kappa shape index (κ3) is 3.84. The van der Waals surface area contributed by atoms with Gasteiger partial charge in [-0.15, -0.1) is 0 Å². The van der Waals surface area contributed by atoms with Crippen LogP contribution in [0.4, 0.5) is 18.9 Å². The van der Waals surface area contributed by atoms with Gasteiger partial charge in [0, 0.05) is 12.6 Å². The number of aromatic nitrogens is 5. The van der Waals surface area contributed by atoms with Crippen molar-refractivity contribution in [1.82, 2.24) is 24.0 Å². The van der Waals surface area contributed by atoms with E-state index in [0.717, 1.165) is 12.3 Å². The minimum Gasteiger partial charge on any atom is -0.316 e. The van der Waals surface area contributed by atoms with Crippen LogP contribution in [0.15, 0.2) is 77.7 Å². The summed E-state index contributed by atoms with van der Waals surface area (Å²) in [6.07, 6.45) is -3.74. The summed E-state index contributed by atoms with van der Waals surface area (Å²) >= 11 is 0. The Balaban J connectivity index is 1.61. The zero-order chi connectivity index (χ0) is 25.6. The van der Waals surface area contributed by atoms with Gasteiger partial charge in [0.1, 0.15) is 11.3 Å². The number of benzene rings is 2. The van der Waals surface area contributed by atoms with Crippen LogP contribution in [0.2, 0.25) is 0 Å². The zero-order valence-electron chi connectivity index (χ0n) is 19.1. The fourth-order valence-corrected chi connectivity index (χ4v) is 3.97. The van der Waals surface area contributed by atoms with Crippen LogP contribution >= 0.6 is 0 Å². The molecule has 0 aliphatic rings. The van der Waals surface area contributed by atoms with Gasteiger partial charge >= 0.3 is 6.18 Å². The number of carbonyl (C=O) groups is 1. The van der Waals surface area contributed by atoms with Crippen molar-refractivity contribution in [1.29, 1.82) is 0 Å². The van der Waals surface area contributed by atoms with Gasteiger partial charge in [-0.1, -0.05) is 48.5 Å². The van der Waals surface area contributed by atoms with Crippen LogP contribution < -0.4 is 10.9 Å². The Morgan fingerprint density at radius 2 is 1.64 bits per heavy atom. The molecule has 0 fully saturated rings. The maximum Gasteiger partial charge on any atom is 0.433 e. The van der Waals surface area contributed by atoms with E-state index >= 15 is 0 Å². The number of amides is 1. The predicted molar refractivity (Wildman–Crippen MR) is 127 cm³/mol. The molecule has 0 unspecified atom stereocenters. The Morgan fingerprint density at radius 1 is 1.00 bits per heavy atom. The van der Waals surface area contributed by atoms with Crippen LogP contribution in [0.25, 0.3) is 22.6 Å². The van der Waals surface area contributed by atoms with E-state index in [4.69, 9.17) is 0 Å². The maximum absolute atomic E-state index is 13.8. The smallest absolute Gasteiger partial charge is 0.316 e. The van der Waals surface area contributed by atoms with Crippen molar-refractivity contribution < 1.29 is 18.0 Å². The van der Waals surface area contributed by atoms with Gasteiger partial charge in [0.25, 0.3) is 11.5 Å². The summed E-state index contributed by atoms with van der Waals surface area (Å²) in [4.78, 5) is 30.7. The van der Waals surface area contributed by atoms with E-state index in [2.05, 4.69) is 15.4 Å². The highest BCUT2D eigenvalue weighted by atomic mass is 19.4. The highest BCUT2D eigenvalue weighted by Crippen LogP contribution is 2.32. The number of para-hydroxylation sites is 1. The minimum atomic E-state index is -4.75. The summed E-state index contributed by atoms with van der Waals surface area (Å²) in [5.41, 5.74) is -0.509. The lowest BCUT2D eigenvalue weighted by molar-refractivity contribution is -0.142. The average Bonchev–Trinajstić information content (AvgIpc) is 3.38. The highest BCUT2D eigenvalue weighted by Gasteiger charge is 2.36. The van der Waals surface area contributed by atoms with Gasteiger partial charge < -0.3 is 5.32 Å². The van der Waals surface area contributed by atoms with E-state index in [1.807, 2.05) is 6.07 Å². The van der Waals surface area contributed by atoms with E-state index in [1.54, 1.807) is 73.3 Å². The molecule has 0 aliphatic carbocycles. The number of anilines is 1. The lowest BCUT2D eigenvalue weighted by Gasteiger charge is -2.11. The summed E-state index contributed by atoms with van der Waals surface area (Å²) < 4.78 is 45.1. The van der Waals surface area contributed by atoms with Gasteiger partial charge in [-0.3, -0.25) is 14.3 Å². The van der Waals surface area contributed by atoms with Crippen LogP contribution in [-0.2, 0) is 13.2 Å². The zero-order valence-corrected chi connectivity index (χ0v) is 19.1. The van der Waals surface area contributed by atoms with E-state index in [-0.39, 0.29) is 22.6 Å². The van der Waals surface area contributed by atoms with Gasteiger partial charge in [-0.25, -0.2) is 14.2 Å². The van der Waals surface area contributed by atoms with E-state index in [0.29, 0.717) is 21.5 Å². The first kappa shape index (κ1) is 23.1. The number of halogens is 3.